The Hall–Kier alpha value is -3.56. The van der Waals surface area contributed by atoms with Crippen molar-refractivity contribution in [1.82, 2.24) is 15.8 Å². The predicted octanol–water partition coefficient (Wildman–Crippen LogP) is 3.50. The normalized spacial score (nSPS) is 11.3. The monoisotopic (exact) mass is 407 g/mol. The van der Waals surface area contributed by atoms with Crippen LogP contribution in [0.5, 0.6) is 0 Å². The molecule has 0 unspecified atom stereocenters. The Morgan fingerprint density at radius 3 is 2.31 bits per heavy atom. The average Bonchev–Trinajstić information content (AvgIpc) is 3.38. The smallest absolute Gasteiger partial charge is 0.446 e. The number of amides is 2. The third kappa shape index (κ3) is 5.24. The van der Waals surface area contributed by atoms with Crippen molar-refractivity contribution in [3.8, 4) is 11.3 Å². The van der Waals surface area contributed by atoms with Crippen LogP contribution in [0.4, 0.5) is 13.2 Å². The highest BCUT2D eigenvalue weighted by Crippen LogP contribution is 2.30. The number of nitrogens with one attached hydrogen (secondary N) is 2. The van der Waals surface area contributed by atoms with Gasteiger partial charge in [-0.2, -0.15) is 13.2 Å². The quantitative estimate of drug-likeness (QED) is 0.585. The van der Waals surface area contributed by atoms with Gasteiger partial charge < -0.3 is 19.6 Å². The first-order chi connectivity index (χ1) is 13.8. The van der Waals surface area contributed by atoms with E-state index >= 15 is 0 Å². The maximum Gasteiger partial charge on any atom is 0.449 e. The van der Waals surface area contributed by atoms with Gasteiger partial charge in [0, 0.05) is 24.7 Å². The van der Waals surface area contributed by atoms with E-state index in [0.29, 0.717) is 18.2 Å². The van der Waals surface area contributed by atoms with Crippen LogP contribution < -0.4 is 10.6 Å². The third-order valence-electron chi connectivity index (χ3n) is 3.83. The molecule has 0 bridgehead atoms. The number of furan rings is 1. The molecule has 2 aromatic heterocycles. The SMILES string of the molecule is O=C(NCCCNC(=O)c1ccc(C(F)(F)F)o1)c1cc(-c2ccccc2)on1. The van der Waals surface area contributed by atoms with Crippen molar-refractivity contribution in [2.45, 2.75) is 12.6 Å². The Morgan fingerprint density at radius 2 is 1.66 bits per heavy atom. The van der Waals surface area contributed by atoms with E-state index in [1.54, 1.807) is 0 Å². The molecule has 7 nitrogen and oxygen atoms in total. The van der Waals surface area contributed by atoms with E-state index in [4.69, 9.17) is 4.52 Å². The molecule has 0 radical (unpaired) electrons. The molecule has 0 aliphatic heterocycles. The number of alkyl halides is 3. The van der Waals surface area contributed by atoms with Gasteiger partial charge in [0.1, 0.15) is 0 Å². The number of hydrogen-bond donors (Lipinski definition) is 2. The summed E-state index contributed by atoms with van der Waals surface area (Å²) in [4.78, 5) is 23.8. The Labute approximate surface area is 162 Å². The average molecular weight is 407 g/mol. The molecule has 2 N–H and O–H groups in total. The second kappa shape index (κ2) is 8.63. The lowest BCUT2D eigenvalue weighted by Gasteiger charge is -2.05. The predicted molar refractivity (Wildman–Crippen MR) is 94.9 cm³/mol. The fourth-order valence-electron chi connectivity index (χ4n) is 2.40. The molecule has 29 heavy (non-hydrogen) atoms. The molecule has 0 saturated heterocycles. The zero-order valence-electron chi connectivity index (χ0n) is 15.0. The Bertz CT molecular complexity index is 980. The summed E-state index contributed by atoms with van der Waals surface area (Å²) in [7, 11) is 0. The number of benzene rings is 1. The van der Waals surface area contributed by atoms with Gasteiger partial charge in [-0.05, 0) is 18.6 Å². The molecule has 0 spiro atoms. The standard InChI is InChI=1S/C19H16F3N3O4/c20-19(21,22)16-8-7-14(28-16)18(27)24-10-4-9-23-17(26)13-11-15(29-25-13)12-5-2-1-3-6-12/h1-3,5-8,11H,4,9-10H2,(H,23,26)(H,24,27). The summed E-state index contributed by atoms with van der Waals surface area (Å²) in [5.41, 5.74) is 0.900. The van der Waals surface area contributed by atoms with E-state index in [-0.39, 0.29) is 18.8 Å². The minimum atomic E-state index is -4.65. The highest BCUT2D eigenvalue weighted by Gasteiger charge is 2.35. The van der Waals surface area contributed by atoms with Gasteiger partial charge in [-0.15, -0.1) is 0 Å². The fraction of sp³-hybridized carbons (Fsp3) is 0.211. The van der Waals surface area contributed by atoms with E-state index in [1.165, 1.54) is 6.07 Å². The zero-order valence-corrected chi connectivity index (χ0v) is 15.0. The topological polar surface area (TPSA) is 97.4 Å². The number of rotatable bonds is 7. The minimum absolute atomic E-state index is 0.114. The molecule has 2 heterocycles. The van der Waals surface area contributed by atoms with E-state index in [0.717, 1.165) is 11.6 Å². The molecule has 10 heteroatoms. The van der Waals surface area contributed by atoms with Gasteiger partial charge in [0.2, 0.25) is 5.76 Å². The van der Waals surface area contributed by atoms with E-state index in [9.17, 15) is 22.8 Å². The summed E-state index contributed by atoms with van der Waals surface area (Å²) in [5.74, 6) is -2.42. The molecule has 3 rings (SSSR count). The van der Waals surface area contributed by atoms with E-state index in [2.05, 4.69) is 20.2 Å². The van der Waals surface area contributed by atoms with Crippen molar-refractivity contribution >= 4 is 11.8 Å². The first-order valence-corrected chi connectivity index (χ1v) is 8.60. The molecule has 152 valence electrons. The summed E-state index contributed by atoms with van der Waals surface area (Å²) < 4.78 is 47.0. The van der Waals surface area contributed by atoms with Crippen LogP contribution in [0.25, 0.3) is 11.3 Å². The summed E-state index contributed by atoms with van der Waals surface area (Å²) in [6.07, 6.45) is -4.29. The largest absolute Gasteiger partial charge is 0.449 e. The van der Waals surface area contributed by atoms with Crippen molar-refractivity contribution in [2.75, 3.05) is 13.1 Å². The van der Waals surface area contributed by atoms with E-state index in [1.807, 2.05) is 30.3 Å². The lowest BCUT2D eigenvalue weighted by atomic mass is 10.1. The molecule has 0 atom stereocenters. The molecular weight excluding hydrogens is 391 g/mol. The number of carbonyl (C=O) groups excluding carboxylic acids is 2. The van der Waals surface area contributed by atoms with Crippen LogP contribution in [-0.4, -0.2) is 30.1 Å². The maximum absolute atomic E-state index is 12.5. The van der Waals surface area contributed by atoms with Crippen LogP contribution in [0.2, 0.25) is 0 Å². The second-order valence-corrected chi connectivity index (χ2v) is 5.97. The molecule has 3 aromatic rings. The van der Waals surface area contributed by atoms with Crippen molar-refractivity contribution < 1.29 is 31.7 Å². The first kappa shape index (κ1) is 20.2. The molecular formula is C19H16F3N3O4. The highest BCUT2D eigenvalue weighted by molar-refractivity contribution is 5.93. The van der Waals surface area contributed by atoms with Crippen molar-refractivity contribution in [3.63, 3.8) is 0 Å². The number of nitrogens with zero attached hydrogens (tertiary/aromatic N) is 1. The van der Waals surface area contributed by atoms with Crippen LogP contribution in [0, 0.1) is 0 Å². The van der Waals surface area contributed by atoms with Crippen molar-refractivity contribution in [2.24, 2.45) is 0 Å². The number of carbonyl (C=O) groups is 2. The summed E-state index contributed by atoms with van der Waals surface area (Å²) >= 11 is 0. The molecule has 0 aliphatic rings. The number of hydrogen-bond acceptors (Lipinski definition) is 5. The van der Waals surface area contributed by atoms with Crippen LogP contribution in [0.1, 0.15) is 33.2 Å². The number of aromatic nitrogens is 1. The van der Waals surface area contributed by atoms with Gasteiger partial charge in [0.05, 0.1) is 0 Å². The van der Waals surface area contributed by atoms with Crippen molar-refractivity contribution in [3.05, 3.63) is 65.7 Å². The Balaban J connectivity index is 1.40. The molecule has 1 aromatic carbocycles. The zero-order chi connectivity index (χ0) is 20.9. The minimum Gasteiger partial charge on any atom is -0.446 e. The number of halogens is 3. The van der Waals surface area contributed by atoms with Crippen LogP contribution in [-0.2, 0) is 6.18 Å². The second-order valence-electron chi connectivity index (χ2n) is 5.97. The molecule has 0 saturated carbocycles. The van der Waals surface area contributed by atoms with E-state index < -0.39 is 29.5 Å². The highest BCUT2D eigenvalue weighted by atomic mass is 19.4. The fourth-order valence-corrected chi connectivity index (χ4v) is 2.40. The molecule has 2 amide bonds. The molecule has 0 fully saturated rings. The lowest BCUT2D eigenvalue weighted by Crippen LogP contribution is -2.29. The van der Waals surface area contributed by atoms with Gasteiger partial charge in [0.15, 0.2) is 17.2 Å². The first-order valence-electron chi connectivity index (χ1n) is 8.60. The van der Waals surface area contributed by atoms with Gasteiger partial charge in [-0.3, -0.25) is 9.59 Å². The maximum atomic E-state index is 12.5. The van der Waals surface area contributed by atoms with Gasteiger partial charge in [-0.25, -0.2) is 0 Å². The van der Waals surface area contributed by atoms with Crippen LogP contribution >= 0.6 is 0 Å². The summed E-state index contributed by atoms with van der Waals surface area (Å²) in [5, 5.41) is 8.75. The Kier molecular flexibility index (Phi) is 6.01. The van der Waals surface area contributed by atoms with Crippen LogP contribution in [0.15, 0.2) is 57.5 Å². The summed E-state index contributed by atoms with van der Waals surface area (Å²) in [6, 6.07) is 12.3. The van der Waals surface area contributed by atoms with Gasteiger partial charge >= 0.3 is 6.18 Å². The van der Waals surface area contributed by atoms with Crippen molar-refractivity contribution in [1.29, 1.82) is 0 Å². The van der Waals surface area contributed by atoms with Gasteiger partial charge in [-0.1, -0.05) is 35.5 Å². The summed E-state index contributed by atoms with van der Waals surface area (Å²) in [6.45, 7) is 0.355. The van der Waals surface area contributed by atoms with Crippen LogP contribution in [0.3, 0.4) is 0 Å². The molecule has 0 aliphatic carbocycles. The lowest BCUT2D eigenvalue weighted by molar-refractivity contribution is -0.153. The van der Waals surface area contributed by atoms with Gasteiger partial charge in [0.25, 0.3) is 11.8 Å². The third-order valence-corrected chi connectivity index (χ3v) is 3.83. The Morgan fingerprint density at radius 1 is 0.966 bits per heavy atom.